The standard InChI is InChI=1S/C29H30N4O4/c1-4-30-18-25(34)33(3)22-14-12-21(13-15-22)31-27(19-9-7-6-8-10-19)26-23-16-11-20(29(36)37-5-2)17-24(23)32-28(26)35/h6-17,30,32,35H,4-5,18H2,1-3H3. The maximum atomic E-state index is 12.3. The molecular weight excluding hydrogens is 468 g/mol. The number of anilines is 1. The van der Waals surface area contributed by atoms with Gasteiger partial charge >= 0.3 is 5.97 Å². The Morgan fingerprint density at radius 1 is 1.00 bits per heavy atom. The van der Waals surface area contributed by atoms with E-state index in [1.807, 2.05) is 61.5 Å². The van der Waals surface area contributed by atoms with Gasteiger partial charge in [-0.3, -0.25) is 4.79 Å². The molecule has 0 saturated carbocycles. The van der Waals surface area contributed by atoms with Crippen LogP contribution in [-0.4, -0.2) is 54.4 Å². The van der Waals surface area contributed by atoms with Crippen LogP contribution in [0.1, 0.15) is 35.3 Å². The summed E-state index contributed by atoms with van der Waals surface area (Å²) in [6.07, 6.45) is 0. The number of benzene rings is 3. The highest BCUT2D eigenvalue weighted by Crippen LogP contribution is 2.32. The van der Waals surface area contributed by atoms with E-state index in [1.165, 1.54) is 0 Å². The van der Waals surface area contributed by atoms with Gasteiger partial charge in [0.2, 0.25) is 5.91 Å². The molecule has 4 rings (SSSR count). The number of nitrogens with zero attached hydrogens (tertiary/aromatic N) is 2. The van der Waals surface area contributed by atoms with Crippen LogP contribution in [0.15, 0.2) is 77.8 Å². The number of carbonyl (C=O) groups is 2. The summed E-state index contributed by atoms with van der Waals surface area (Å²) < 4.78 is 5.10. The molecule has 3 aromatic carbocycles. The molecule has 0 unspecified atom stereocenters. The number of amides is 1. The molecule has 0 aliphatic heterocycles. The predicted molar refractivity (Wildman–Crippen MR) is 146 cm³/mol. The normalized spacial score (nSPS) is 11.5. The number of hydrogen-bond acceptors (Lipinski definition) is 6. The van der Waals surface area contributed by atoms with Crippen molar-refractivity contribution >= 4 is 39.9 Å². The van der Waals surface area contributed by atoms with Crippen LogP contribution >= 0.6 is 0 Å². The van der Waals surface area contributed by atoms with Gasteiger partial charge in [0.05, 0.1) is 35.7 Å². The van der Waals surface area contributed by atoms with Crippen molar-refractivity contribution in [2.45, 2.75) is 13.8 Å². The van der Waals surface area contributed by atoms with Gasteiger partial charge < -0.3 is 25.0 Å². The summed E-state index contributed by atoms with van der Waals surface area (Å²) in [5.74, 6) is -0.510. The Labute approximate surface area is 215 Å². The van der Waals surface area contributed by atoms with Crippen molar-refractivity contribution in [2.24, 2.45) is 4.99 Å². The summed E-state index contributed by atoms with van der Waals surface area (Å²) in [5.41, 5.74) is 4.31. The molecule has 0 aliphatic rings. The molecule has 1 amide bonds. The number of carbonyl (C=O) groups excluding carboxylic acids is 2. The molecule has 4 aromatic rings. The van der Waals surface area contributed by atoms with Crippen LogP contribution in [0.5, 0.6) is 5.88 Å². The molecule has 1 heterocycles. The van der Waals surface area contributed by atoms with Gasteiger partial charge in [-0.15, -0.1) is 0 Å². The molecule has 0 saturated heterocycles. The highest BCUT2D eigenvalue weighted by molar-refractivity contribution is 6.22. The van der Waals surface area contributed by atoms with Crippen LogP contribution in [0, 0.1) is 0 Å². The van der Waals surface area contributed by atoms with E-state index in [0.29, 0.717) is 28.0 Å². The van der Waals surface area contributed by atoms with Crippen molar-refractivity contribution in [1.82, 2.24) is 10.3 Å². The van der Waals surface area contributed by atoms with Crippen LogP contribution in [0.3, 0.4) is 0 Å². The van der Waals surface area contributed by atoms with E-state index in [-0.39, 0.29) is 24.9 Å². The fourth-order valence-corrected chi connectivity index (χ4v) is 4.00. The first-order chi connectivity index (χ1) is 17.9. The quantitative estimate of drug-likeness (QED) is 0.227. The van der Waals surface area contributed by atoms with Gasteiger partial charge in [-0.05, 0) is 49.9 Å². The number of ether oxygens (including phenoxy) is 1. The van der Waals surface area contributed by atoms with Crippen LogP contribution < -0.4 is 10.2 Å². The minimum atomic E-state index is -0.425. The molecule has 0 atom stereocenters. The second-order valence-corrected chi connectivity index (χ2v) is 8.41. The molecule has 190 valence electrons. The van der Waals surface area contributed by atoms with E-state index in [0.717, 1.165) is 23.2 Å². The number of aliphatic imine (C=N–C) groups is 1. The Balaban J connectivity index is 1.75. The van der Waals surface area contributed by atoms with Gasteiger partial charge in [0, 0.05) is 29.2 Å². The van der Waals surface area contributed by atoms with Crippen molar-refractivity contribution in [3.05, 3.63) is 89.5 Å². The fraction of sp³-hybridized carbons (Fsp3) is 0.207. The number of rotatable bonds is 9. The predicted octanol–water partition coefficient (Wildman–Crippen LogP) is 4.79. The SMILES string of the molecule is CCNCC(=O)N(C)c1ccc(N=C(c2ccccc2)c2c(O)[nH]c3cc(C(=O)OCC)ccc23)cc1. The molecule has 0 spiro atoms. The average Bonchev–Trinajstić information content (AvgIpc) is 3.25. The number of aromatic nitrogens is 1. The average molecular weight is 499 g/mol. The number of H-pyrrole nitrogens is 1. The van der Waals surface area contributed by atoms with Crippen LogP contribution in [0.4, 0.5) is 11.4 Å². The minimum Gasteiger partial charge on any atom is -0.494 e. The molecule has 37 heavy (non-hydrogen) atoms. The summed E-state index contributed by atoms with van der Waals surface area (Å²) in [6, 6.07) is 22.0. The lowest BCUT2D eigenvalue weighted by Gasteiger charge is -2.17. The molecule has 0 radical (unpaired) electrons. The van der Waals surface area contributed by atoms with E-state index >= 15 is 0 Å². The zero-order valence-corrected chi connectivity index (χ0v) is 21.1. The third-order valence-electron chi connectivity index (χ3n) is 5.95. The smallest absolute Gasteiger partial charge is 0.338 e. The Kier molecular flexibility index (Phi) is 8.00. The first-order valence-electron chi connectivity index (χ1n) is 12.2. The van der Waals surface area contributed by atoms with Crippen molar-refractivity contribution < 1.29 is 19.4 Å². The zero-order chi connectivity index (χ0) is 26.4. The highest BCUT2D eigenvalue weighted by atomic mass is 16.5. The van der Waals surface area contributed by atoms with Crippen LogP contribution in [0.2, 0.25) is 0 Å². The largest absolute Gasteiger partial charge is 0.494 e. The monoisotopic (exact) mass is 498 g/mol. The second-order valence-electron chi connectivity index (χ2n) is 8.41. The third kappa shape index (κ3) is 5.70. The van der Waals surface area contributed by atoms with Crippen molar-refractivity contribution in [3.63, 3.8) is 0 Å². The number of fused-ring (bicyclic) bond motifs is 1. The molecule has 1 aromatic heterocycles. The Morgan fingerprint density at radius 3 is 2.41 bits per heavy atom. The Hall–Kier alpha value is -4.43. The van der Waals surface area contributed by atoms with Gasteiger partial charge in [-0.2, -0.15) is 0 Å². The van der Waals surface area contributed by atoms with E-state index in [4.69, 9.17) is 9.73 Å². The first kappa shape index (κ1) is 25.7. The number of nitrogens with one attached hydrogen (secondary N) is 2. The van der Waals surface area contributed by atoms with Gasteiger partial charge in [0.1, 0.15) is 0 Å². The Bertz CT molecular complexity index is 1430. The third-order valence-corrected chi connectivity index (χ3v) is 5.95. The number of likely N-dealkylation sites (N-methyl/N-ethyl adjacent to an activating group) is 2. The van der Waals surface area contributed by atoms with Gasteiger partial charge in [-0.1, -0.05) is 43.3 Å². The molecular formula is C29H30N4O4. The molecule has 0 fully saturated rings. The summed E-state index contributed by atoms with van der Waals surface area (Å²) in [7, 11) is 1.74. The maximum Gasteiger partial charge on any atom is 0.338 e. The summed E-state index contributed by atoms with van der Waals surface area (Å²) in [4.78, 5) is 34.0. The summed E-state index contributed by atoms with van der Waals surface area (Å²) in [5, 5.41) is 14.7. The van der Waals surface area contributed by atoms with Crippen LogP contribution in [0.25, 0.3) is 10.9 Å². The van der Waals surface area contributed by atoms with Gasteiger partial charge in [-0.25, -0.2) is 9.79 Å². The van der Waals surface area contributed by atoms with E-state index < -0.39 is 5.97 Å². The van der Waals surface area contributed by atoms with Crippen molar-refractivity contribution in [3.8, 4) is 5.88 Å². The topological polar surface area (TPSA) is 107 Å². The maximum absolute atomic E-state index is 12.3. The molecule has 8 nitrogen and oxygen atoms in total. The minimum absolute atomic E-state index is 0.0334. The van der Waals surface area contributed by atoms with E-state index in [1.54, 1.807) is 37.1 Å². The molecule has 8 heteroatoms. The van der Waals surface area contributed by atoms with Gasteiger partial charge in [0.15, 0.2) is 5.88 Å². The van der Waals surface area contributed by atoms with Crippen molar-refractivity contribution in [1.29, 1.82) is 0 Å². The number of hydrogen-bond donors (Lipinski definition) is 3. The lowest BCUT2D eigenvalue weighted by molar-refractivity contribution is -0.117. The first-order valence-corrected chi connectivity index (χ1v) is 12.2. The van der Waals surface area contributed by atoms with E-state index in [9.17, 15) is 14.7 Å². The second kappa shape index (κ2) is 11.5. The number of esters is 1. The van der Waals surface area contributed by atoms with E-state index in [2.05, 4.69) is 10.3 Å². The zero-order valence-electron chi connectivity index (χ0n) is 21.1. The van der Waals surface area contributed by atoms with Crippen molar-refractivity contribution in [2.75, 3.05) is 31.6 Å². The fourth-order valence-electron chi connectivity index (χ4n) is 4.00. The Morgan fingerprint density at radius 2 is 1.73 bits per heavy atom. The molecule has 3 N–H and O–H groups in total. The highest BCUT2D eigenvalue weighted by Gasteiger charge is 2.20. The molecule has 0 bridgehead atoms. The molecule has 0 aliphatic carbocycles. The van der Waals surface area contributed by atoms with Gasteiger partial charge in [0.25, 0.3) is 0 Å². The number of aromatic amines is 1. The summed E-state index contributed by atoms with van der Waals surface area (Å²) >= 11 is 0. The summed E-state index contributed by atoms with van der Waals surface area (Å²) in [6.45, 7) is 4.98. The lowest BCUT2D eigenvalue weighted by Crippen LogP contribution is -2.35. The van der Waals surface area contributed by atoms with Crippen LogP contribution in [-0.2, 0) is 9.53 Å². The number of aromatic hydroxyl groups is 1. The lowest BCUT2D eigenvalue weighted by atomic mass is 10.00.